The average molecular weight is 1620 g/mol. The molecule has 0 aromatic heterocycles. The fourth-order valence-electron chi connectivity index (χ4n) is 15.5. The Balaban J connectivity index is 1.10. The number of carbonyl (C=O) groups excluding carboxylic acids is 2. The van der Waals surface area contributed by atoms with Gasteiger partial charge in [-0.15, -0.1) is 0 Å². The topological polar surface area (TPSA) is 372 Å². The van der Waals surface area contributed by atoms with Crippen LogP contribution >= 0.6 is 25.3 Å². The molecule has 0 radical (unpaired) electrons. The van der Waals surface area contributed by atoms with Crippen molar-refractivity contribution in [3.63, 3.8) is 0 Å². The van der Waals surface area contributed by atoms with Crippen molar-refractivity contribution < 1.29 is 171 Å². The summed E-state index contributed by atoms with van der Waals surface area (Å²) in [7, 11) is 31.4. The van der Waals surface area contributed by atoms with E-state index in [9.17, 15) is 9.59 Å². The van der Waals surface area contributed by atoms with Gasteiger partial charge >= 0.3 is 0 Å². The minimum Gasteiger partial charge on any atom is -0.382 e. The highest BCUT2D eigenvalue weighted by molar-refractivity contribution is 7.80. The van der Waals surface area contributed by atoms with E-state index in [1.807, 2.05) is 0 Å². The SMILES string of the molecule is COC[C@H]1O[C@H](O[C@H]2[C@H](OC)[C@@H](OC)[C@@H](O[C@H]3[C@H](OC)[C@@H](OC)[C@@H](O[C@H]4[C@H](OC)[C@@H](OC)[C@@H](O[C@H]5[C@H](OC)[C@@H](OC)[C@@H](O[C@H]6[C@H](OC)[C@@H](OC)[C@H](O[C@H]7[C@H](OC)[C@@H](OC)[C@@H](NC(=O)CCS)O[C@@H]7COC)O[C@@H]6COC)O[C@@H]5COC)O[C@@H]4COC)O[C@@H]3COC)O[C@@H]2COC)[C@H](OC)[C@@H](OC)[C@H]1NC(=O)CCS. The second-order valence-electron chi connectivity index (χ2n) is 26.6. The third kappa shape index (κ3) is 22.8. The van der Waals surface area contributed by atoms with Gasteiger partial charge in [0.1, 0.15) is 165 Å². The van der Waals surface area contributed by atoms with E-state index in [0.717, 1.165) is 0 Å². The first-order chi connectivity index (χ1) is 52.9. The van der Waals surface area contributed by atoms with Crippen LogP contribution < -0.4 is 10.6 Å². The highest BCUT2D eigenvalue weighted by atomic mass is 32.1. The summed E-state index contributed by atoms with van der Waals surface area (Å²) in [6, 6.07) is -0.698. The van der Waals surface area contributed by atoms with Crippen LogP contribution in [0.15, 0.2) is 0 Å². The zero-order chi connectivity index (χ0) is 79.6. The average Bonchev–Trinajstić information content (AvgIpc) is 0.765. The van der Waals surface area contributed by atoms with Crippen LogP contribution in [0.2, 0.25) is 0 Å². The fourth-order valence-corrected chi connectivity index (χ4v) is 15.9. The first-order valence-electron chi connectivity index (χ1n) is 36.0. The maximum atomic E-state index is 13.0. The van der Waals surface area contributed by atoms with Gasteiger partial charge in [0.05, 0.1) is 52.3 Å². The molecule has 0 unspecified atom stereocenters. The number of rotatable bonds is 46. The van der Waals surface area contributed by atoms with Crippen molar-refractivity contribution >= 4 is 37.1 Å². The Morgan fingerprint density at radius 2 is 0.431 bits per heavy atom. The fraction of sp³-hybridized carbons (Fsp3) is 0.971. The van der Waals surface area contributed by atoms with E-state index in [1.165, 1.54) is 149 Å². The van der Waals surface area contributed by atoms with E-state index in [1.54, 1.807) is 0 Å². The van der Waals surface area contributed by atoms with Crippen molar-refractivity contribution in [2.24, 2.45) is 0 Å². The quantitative estimate of drug-likeness (QED) is 0.0496. The first kappa shape index (κ1) is 94.4. The van der Waals surface area contributed by atoms with Gasteiger partial charge in [0, 0.05) is 162 Å². The highest BCUT2D eigenvalue weighted by Gasteiger charge is 2.61. The van der Waals surface area contributed by atoms with Crippen molar-refractivity contribution in [2.45, 2.75) is 228 Å². The summed E-state index contributed by atoms with van der Waals surface area (Å²) in [5.41, 5.74) is 0. The van der Waals surface area contributed by atoms with E-state index in [0.29, 0.717) is 11.5 Å². The lowest BCUT2D eigenvalue weighted by molar-refractivity contribution is -0.403. The third-order valence-corrected chi connectivity index (χ3v) is 20.9. The van der Waals surface area contributed by atoms with Gasteiger partial charge in [0.2, 0.25) is 11.8 Å². The molecule has 2 N–H and O–H groups in total. The Morgan fingerprint density at radius 3 is 0.651 bits per heavy atom. The lowest BCUT2D eigenvalue weighted by Crippen LogP contribution is -2.70. The van der Waals surface area contributed by atoms with Crippen LogP contribution in [0.25, 0.3) is 0 Å². The molecule has 7 fully saturated rings. The minimum atomic E-state index is -1.26. The maximum Gasteiger partial charge on any atom is 0.222 e. The standard InChI is InChI=1S/C69H124N2O36S2/c1-74-26-33-42(70-40(72)22-24-108)49(81-8)57(89-16)64(96-33)103-44-35(28-76-3)98-66(59(91-18)51(44)83-10)105-46-37(30-78-5)100-68(61(93-20)53(46)85-12)107-48-39(32-80-7)101-69(62(94-21)55(48)87-14)106-47-38(31-79-6)99-67(60(92-19)54(47)86-13)104-45-36(29-77-4)97-65(58(90-17)52(45)84-11)102-43-34(27-75-2)95-63(71-41(73)23-25-109)56(88-15)50(43)82-9/h33-39,42-69,108-109H,22-32H2,1-21H3,(H,70,72)(H,71,73)/t33-,34-,35-,36-,37-,38-,39-,42+,43-,44-,45-,46-,47-,48-,49+,50+,51+,52+,53+,54+,55+,56-,57-,58-,59-,60-,61-,62-,63+,64-,65+,66-,67-,68-,69-/m1/s1. The molecule has 7 aliphatic heterocycles. The predicted molar refractivity (Wildman–Crippen MR) is 381 cm³/mol. The van der Waals surface area contributed by atoms with Gasteiger partial charge in [-0.2, -0.15) is 25.3 Å². The Labute approximate surface area is 650 Å². The molecule has 38 nitrogen and oxygen atoms in total. The van der Waals surface area contributed by atoms with Crippen molar-refractivity contribution in [1.29, 1.82) is 0 Å². The summed E-state index contributed by atoms with van der Waals surface area (Å²) >= 11 is 8.46. The molecule has 109 heavy (non-hydrogen) atoms. The third-order valence-electron chi connectivity index (χ3n) is 20.4. The number of methoxy groups -OCH3 is 21. The molecular formula is C69H124N2O36S2. The number of nitrogens with one attached hydrogen (secondary N) is 2. The molecule has 638 valence electrons. The number of thiol groups is 2. The molecule has 7 heterocycles. The molecule has 40 heteroatoms. The molecule has 0 saturated carbocycles. The normalized spacial score (nSPS) is 41.6. The molecule has 7 rings (SSSR count). The van der Waals surface area contributed by atoms with E-state index in [4.69, 9.17) is 161 Å². The Hall–Kier alpha value is -1.72. The first-order valence-corrected chi connectivity index (χ1v) is 37.3. The monoisotopic (exact) mass is 1620 g/mol. The summed E-state index contributed by atoms with van der Waals surface area (Å²) in [4.78, 5) is 25.8. The minimum absolute atomic E-state index is 0.0264. The number of hydrogen-bond acceptors (Lipinski definition) is 38. The van der Waals surface area contributed by atoms with E-state index >= 15 is 0 Å². The largest absolute Gasteiger partial charge is 0.382 e. The van der Waals surface area contributed by atoms with Crippen molar-refractivity contribution in [3.05, 3.63) is 0 Å². The molecule has 0 aromatic carbocycles. The van der Waals surface area contributed by atoms with Crippen LogP contribution in [0.1, 0.15) is 12.8 Å². The molecule has 7 aliphatic rings. The molecule has 0 aromatic rings. The van der Waals surface area contributed by atoms with Crippen LogP contribution in [-0.4, -0.2) is 434 Å². The van der Waals surface area contributed by atoms with Crippen molar-refractivity contribution in [2.75, 3.05) is 207 Å². The number of hydrogen-bond donors (Lipinski definition) is 4. The lowest BCUT2D eigenvalue weighted by atomic mass is 9.94. The van der Waals surface area contributed by atoms with Gasteiger partial charge in [-0.1, -0.05) is 0 Å². The second kappa shape index (κ2) is 48.2. The Kier molecular flexibility index (Phi) is 41.8. The number of carbonyl (C=O) groups is 2. The smallest absolute Gasteiger partial charge is 0.222 e. The summed E-state index contributed by atoms with van der Waals surface area (Å²) in [5, 5.41) is 5.88. The molecule has 0 aliphatic carbocycles. The van der Waals surface area contributed by atoms with Crippen LogP contribution in [0, 0.1) is 0 Å². The zero-order valence-corrected chi connectivity index (χ0v) is 68.4. The van der Waals surface area contributed by atoms with Gasteiger partial charge < -0.3 is 172 Å². The Morgan fingerprint density at radius 1 is 0.239 bits per heavy atom. The molecule has 2 amide bonds. The van der Waals surface area contributed by atoms with Crippen molar-refractivity contribution in [3.8, 4) is 0 Å². The Bertz CT molecular complexity index is 2530. The van der Waals surface area contributed by atoms with Crippen LogP contribution in [0.4, 0.5) is 0 Å². The molecule has 0 bridgehead atoms. The van der Waals surface area contributed by atoms with Gasteiger partial charge in [-0.05, 0) is 11.5 Å². The zero-order valence-electron chi connectivity index (χ0n) is 66.6. The van der Waals surface area contributed by atoms with Gasteiger partial charge in [-0.3, -0.25) is 9.59 Å². The van der Waals surface area contributed by atoms with Crippen LogP contribution in [-0.2, 0) is 171 Å². The van der Waals surface area contributed by atoms with Crippen molar-refractivity contribution in [1.82, 2.24) is 10.6 Å². The maximum absolute atomic E-state index is 13.0. The molecule has 0 spiro atoms. The number of ether oxygens (including phenoxy) is 34. The summed E-state index contributed by atoms with van der Waals surface area (Å²) < 4.78 is 216. The van der Waals surface area contributed by atoms with E-state index in [-0.39, 0.29) is 70.9 Å². The highest BCUT2D eigenvalue weighted by Crippen LogP contribution is 2.42. The molecular weight excluding hydrogens is 1500 g/mol. The summed E-state index contributed by atoms with van der Waals surface area (Å²) in [6.45, 7) is -0.169. The summed E-state index contributed by atoms with van der Waals surface area (Å²) in [5.74, 6) is 0.0864. The van der Waals surface area contributed by atoms with E-state index < -0.39 is 215 Å². The molecule has 7 saturated heterocycles. The van der Waals surface area contributed by atoms with Gasteiger partial charge in [0.15, 0.2) is 44.0 Å². The van der Waals surface area contributed by atoms with Crippen LogP contribution in [0.3, 0.4) is 0 Å². The summed E-state index contributed by atoms with van der Waals surface area (Å²) in [6.07, 6.45) is -33.6. The second-order valence-corrected chi connectivity index (χ2v) is 27.5. The van der Waals surface area contributed by atoms with E-state index in [2.05, 4.69) is 35.9 Å². The lowest BCUT2D eigenvalue weighted by Gasteiger charge is -2.52. The molecule has 35 atom stereocenters. The van der Waals surface area contributed by atoms with Gasteiger partial charge in [0.25, 0.3) is 0 Å². The number of amides is 2. The van der Waals surface area contributed by atoms with Crippen LogP contribution in [0.5, 0.6) is 0 Å². The van der Waals surface area contributed by atoms with Gasteiger partial charge in [-0.25, -0.2) is 0 Å². The predicted octanol–water partition coefficient (Wildman–Crippen LogP) is -1.65.